The largest absolute Gasteiger partial charge is 0.438 e. The minimum atomic E-state index is 0.482. The van der Waals surface area contributed by atoms with Crippen LogP contribution >= 0.6 is 0 Å². The lowest BCUT2D eigenvalue weighted by molar-refractivity contribution is 0.654. The highest BCUT2D eigenvalue weighted by molar-refractivity contribution is 6.11. The first-order valence-corrected chi connectivity index (χ1v) is 16.6. The van der Waals surface area contributed by atoms with Gasteiger partial charge in [-0.25, -0.2) is 19.9 Å². The molecular formula is C45H30N4O. The number of hydrogen-bond acceptors (Lipinski definition) is 5. The summed E-state index contributed by atoms with van der Waals surface area (Å²) >= 11 is 0. The minimum absolute atomic E-state index is 0.482. The maximum Gasteiger partial charge on any atom is 0.227 e. The second kappa shape index (κ2) is 12.4. The lowest BCUT2D eigenvalue weighted by Crippen LogP contribution is -2.01. The van der Waals surface area contributed by atoms with Crippen LogP contribution in [-0.4, -0.2) is 19.9 Å². The number of furan rings is 1. The maximum absolute atomic E-state index is 6.38. The quantitative estimate of drug-likeness (QED) is 0.181. The fraction of sp³-hybridized carbons (Fsp3) is 0.0222. The van der Waals surface area contributed by atoms with Crippen molar-refractivity contribution in [2.45, 2.75) is 6.92 Å². The van der Waals surface area contributed by atoms with Gasteiger partial charge >= 0.3 is 0 Å². The van der Waals surface area contributed by atoms with E-state index in [2.05, 4.69) is 116 Å². The molecular weight excluding hydrogens is 613 g/mol. The summed E-state index contributed by atoms with van der Waals surface area (Å²) in [7, 11) is 0. The van der Waals surface area contributed by atoms with Gasteiger partial charge in [0.1, 0.15) is 11.3 Å². The van der Waals surface area contributed by atoms with Gasteiger partial charge in [0.25, 0.3) is 0 Å². The van der Waals surface area contributed by atoms with Crippen molar-refractivity contribution >= 4 is 22.1 Å². The van der Waals surface area contributed by atoms with Gasteiger partial charge < -0.3 is 4.42 Å². The third-order valence-electron chi connectivity index (χ3n) is 9.06. The highest BCUT2D eigenvalue weighted by Gasteiger charge is 2.18. The molecule has 0 saturated carbocycles. The Labute approximate surface area is 289 Å². The average Bonchev–Trinajstić information content (AvgIpc) is 3.57. The zero-order chi connectivity index (χ0) is 33.4. The Balaban J connectivity index is 1.12. The van der Waals surface area contributed by atoms with E-state index < -0.39 is 0 Å². The summed E-state index contributed by atoms with van der Waals surface area (Å²) < 4.78 is 6.38. The Morgan fingerprint density at radius 1 is 0.400 bits per heavy atom. The third kappa shape index (κ3) is 5.51. The summed E-state index contributed by atoms with van der Waals surface area (Å²) in [4.78, 5) is 19.7. The zero-order valence-electron chi connectivity index (χ0n) is 27.3. The van der Waals surface area contributed by atoms with Crippen molar-refractivity contribution in [3.63, 3.8) is 0 Å². The van der Waals surface area contributed by atoms with Crippen molar-refractivity contribution in [2.75, 3.05) is 0 Å². The van der Waals surface area contributed by atoms with Gasteiger partial charge in [0.05, 0.1) is 0 Å². The van der Waals surface area contributed by atoms with Crippen molar-refractivity contribution in [2.24, 2.45) is 0 Å². The SMILES string of the molecule is Cc1cccc(-c2ccc(-c3nc(-c4ccccc4)nc(-c4ccc5c(n4)oc4cccc(-c6ccc(-c7ccccc7)cc6)c45)n3)cc2)c1. The van der Waals surface area contributed by atoms with Gasteiger partial charge in [-0.3, -0.25) is 0 Å². The van der Waals surface area contributed by atoms with Gasteiger partial charge in [0.2, 0.25) is 5.71 Å². The molecule has 50 heavy (non-hydrogen) atoms. The van der Waals surface area contributed by atoms with Gasteiger partial charge in [-0.1, -0.05) is 151 Å². The van der Waals surface area contributed by atoms with Crippen LogP contribution in [0.25, 0.3) is 89.7 Å². The fourth-order valence-electron chi connectivity index (χ4n) is 6.52. The van der Waals surface area contributed by atoms with Crippen LogP contribution in [0.15, 0.2) is 168 Å². The van der Waals surface area contributed by atoms with Gasteiger partial charge in [-0.15, -0.1) is 0 Å². The molecule has 3 heterocycles. The Morgan fingerprint density at radius 2 is 0.940 bits per heavy atom. The number of fused-ring (bicyclic) bond motifs is 3. The Bertz CT molecular complexity index is 2630. The molecule has 0 radical (unpaired) electrons. The van der Waals surface area contributed by atoms with Crippen molar-refractivity contribution in [3.05, 3.63) is 169 Å². The van der Waals surface area contributed by atoms with Crippen molar-refractivity contribution in [3.8, 4) is 67.7 Å². The molecule has 0 atom stereocenters. The molecule has 6 aromatic carbocycles. The van der Waals surface area contributed by atoms with Crippen molar-refractivity contribution < 1.29 is 4.42 Å². The van der Waals surface area contributed by atoms with Crippen LogP contribution < -0.4 is 0 Å². The molecule has 0 unspecified atom stereocenters. The van der Waals surface area contributed by atoms with Crippen LogP contribution in [0, 0.1) is 6.92 Å². The molecule has 9 aromatic rings. The number of rotatable bonds is 6. The van der Waals surface area contributed by atoms with Crippen LogP contribution in [0.3, 0.4) is 0 Å². The summed E-state index contributed by atoms with van der Waals surface area (Å²) in [5.74, 6) is 1.65. The van der Waals surface area contributed by atoms with E-state index >= 15 is 0 Å². The Hall–Kier alpha value is -6.72. The molecule has 0 aliphatic carbocycles. The zero-order valence-corrected chi connectivity index (χ0v) is 27.3. The molecule has 0 bridgehead atoms. The molecule has 0 amide bonds. The van der Waals surface area contributed by atoms with Crippen LogP contribution in [0.2, 0.25) is 0 Å². The molecule has 0 N–H and O–H groups in total. The predicted octanol–water partition coefficient (Wildman–Crippen LogP) is 11.5. The van der Waals surface area contributed by atoms with Crippen LogP contribution in [0.4, 0.5) is 0 Å². The van der Waals surface area contributed by atoms with Crippen LogP contribution in [0.1, 0.15) is 5.56 Å². The van der Waals surface area contributed by atoms with E-state index in [0.717, 1.165) is 44.2 Å². The van der Waals surface area contributed by atoms with Crippen molar-refractivity contribution in [1.29, 1.82) is 0 Å². The highest BCUT2D eigenvalue weighted by atomic mass is 16.3. The standard InChI is InChI=1S/C45H30N4O/c1-29-10-8-15-36(28-29)32-20-24-35(25-21-32)43-47-42(34-13-6-3-7-14-34)48-44(49-43)39-27-26-38-41-37(16-9-17-40(41)50-45(38)46-39)33-22-18-31(19-23-33)30-11-4-2-5-12-30/h2-28H,1H3. The lowest BCUT2D eigenvalue weighted by atomic mass is 9.97. The van der Waals surface area contributed by atoms with E-state index in [4.69, 9.17) is 24.4 Å². The van der Waals surface area contributed by atoms with Gasteiger partial charge in [0.15, 0.2) is 17.5 Å². The summed E-state index contributed by atoms with van der Waals surface area (Å²) in [5, 5.41) is 1.97. The molecule has 9 rings (SSSR count). The Morgan fingerprint density at radius 3 is 1.64 bits per heavy atom. The average molecular weight is 643 g/mol. The molecule has 0 saturated heterocycles. The van der Waals surface area contributed by atoms with E-state index in [9.17, 15) is 0 Å². The topological polar surface area (TPSA) is 64.7 Å². The molecule has 3 aromatic heterocycles. The first kappa shape index (κ1) is 29.4. The van der Waals surface area contributed by atoms with E-state index in [1.54, 1.807) is 0 Å². The molecule has 0 fully saturated rings. The molecule has 0 aliphatic rings. The highest BCUT2D eigenvalue weighted by Crippen LogP contribution is 2.38. The van der Waals surface area contributed by atoms with E-state index in [1.807, 2.05) is 54.6 Å². The number of hydrogen-bond donors (Lipinski definition) is 0. The predicted molar refractivity (Wildman–Crippen MR) is 202 cm³/mol. The fourth-order valence-corrected chi connectivity index (χ4v) is 6.52. The summed E-state index contributed by atoms with van der Waals surface area (Å²) in [6, 6.07) is 56.1. The molecule has 0 aliphatic heterocycles. The second-order valence-corrected chi connectivity index (χ2v) is 12.4. The third-order valence-corrected chi connectivity index (χ3v) is 9.06. The molecule has 5 heteroatoms. The van der Waals surface area contributed by atoms with Crippen molar-refractivity contribution in [1.82, 2.24) is 19.9 Å². The smallest absolute Gasteiger partial charge is 0.227 e. The Kier molecular flexibility index (Phi) is 7.29. The molecule has 0 spiro atoms. The first-order valence-electron chi connectivity index (χ1n) is 16.6. The summed E-state index contributed by atoms with van der Waals surface area (Å²) in [6.07, 6.45) is 0. The van der Waals surface area contributed by atoms with Crippen LogP contribution in [0.5, 0.6) is 0 Å². The van der Waals surface area contributed by atoms with E-state index in [0.29, 0.717) is 28.9 Å². The lowest BCUT2D eigenvalue weighted by Gasteiger charge is -2.09. The molecule has 5 nitrogen and oxygen atoms in total. The van der Waals surface area contributed by atoms with Crippen LogP contribution in [-0.2, 0) is 0 Å². The van der Waals surface area contributed by atoms with Gasteiger partial charge in [-0.2, -0.15) is 0 Å². The summed E-state index contributed by atoms with van der Waals surface area (Å²) in [6.45, 7) is 2.11. The number of pyridine rings is 1. The van der Waals surface area contributed by atoms with E-state index in [-0.39, 0.29) is 0 Å². The number of benzene rings is 6. The molecule has 236 valence electrons. The van der Waals surface area contributed by atoms with E-state index in [1.165, 1.54) is 22.3 Å². The van der Waals surface area contributed by atoms with Gasteiger partial charge in [0, 0.05) is 21.9 Å². The number of nitrogens with zero attached hydrogens (tertiary/aromatic N) is 4. The monoisotopic (exact) mass is 642 g/mol. The second-order valence-electron chi connectivity index (χ2n) is 12.4. The summed E-state index contributed by atoms with van der Waals surface area (Å²) in [5.41, 5.74) is 11.9. The normalized spacial score (nSPS) is 11.3. The minimum Gasteiger partial charge on any atom is -0.438 e. The first-order chi connectivity index (χ1) is 24.7. The maximum atomic E-state index is 6.38. The number of aromatic nitrogens is 4. The van der Waals surface area contributed by atoms with Gasteiger partial charge in [-0.05, 0) is 58.5 Å². The number of aryl methyl sites for hydroxylation is 1.